The van der Waals surface area contributed by atoms with Gasteiger partial charge in [-0.05, 0) is 46.5 Å². The quantitative estimate of drug-likeness (QED) is 0.448. The molecule has 0 aliphatic carbocycles. The second-order valence-electron chi connectivity index (χ2n) is 4.96. The molecule has 0 aliphatic heterocycles. The van der Waals surface area contributed by atoms with Gasteiger partial charge in [0, 0.05) is 5.02 Å². The lowest BCUT2D eigenvalue weighted by molar-refractivity contribution is -0.391. The molecule has 2 aromatic carbocycles. The van der Waals surface area contributed by atoms with E-state index in [9.17, 15) is 15.3 Å². The van der Waals surface area contributed by atoms with Crippen LogP contribution in [0, 0.1) is 17.0 Å². The third-order valence-electron chi connectivity index (χ3n) is 3.32. The first-order valence-electron chi connectivity index (χ1n) is 6.89. The third kappa shape index (κ3) is 2.86. The van der Waals surface area contributed by atoms with Gasteiger partial charge in [-0.15, -0.1) is 0 Å². The van der Waals surface area contributed by atoms with Crippen LogP contribution in [0.2, 0.25) is 5.02 Å². The molecule has 3 aromatic rings. The standard InChI is InChI=1S/C15H12ClN5O3/c1-10-7-8-11(16)9-13(10)17-14-15(21(23)24)18-19(20(14)22)12-5-3-2-4-6-12/h2-9,22H,1H3. The molecule has 24 heavy (non-hydrogen) atoms. The van der Waals surface area contributed by atoms with Gasteiger partial charge in [-0.3, -0.25) is 0 Å². The minimum atomic E-state index is -0.703. The van der Waals surface area contributed by atoms with Gasteiger partial charge in [-0.25, -0.2) is 4.99 Å². The number of hydrogen-bond acceptors (Lipinski definition) is 5. The number of rotatable bonds is 3. The molecule has 0 unspecified atom stereocenters. The number of hydrogen-bond donors (Lipinski definition) is 1. The Bertz CT molecular complexity index is 979. The van der Waals surface area contributed by atoms with Crippen molar-refractivity contribution in [3.8, 4) is 5.69 Å². The lowest BCUT2D eigenvalue weighted by atomic mass is 10.2. The van der Waals surface area contributed by atoms with E-state index in [1.165, 1.54) is 0 Å². The summed E-state index contributed by atoms with van der Waals surface area (Å²) in [6, 6.07) is 13.5. The second kappa shape index (κ2) is 6.17. The average Bonchev–Trinajstić information content (AvgIpc) is 2.89. The van der Waals surface area contributed by atoms with Crippen LogP contribution in [0.5, 0.6) is 0 Å². The predicted molar refractivity (Wildman–Crippen MR) is 86.8 cm³/mol. The van der Waals surface area contributed by atoms with Crippen molar-refractivity contribution in [2.24, 2.45) is 4.99 Å². The van der Waals surface area contributed by atoms with Crippen LogP contribution >= 0.6 is 11.6 Å². The van der Waals surface area contributed by atoms with E-state index in [0.717, 1.165) is 10.4 Å². The Morgan fingerprint density at radius 1 is 1.25 bits per heavy atom. The summed E-state index contributed by atoms with van der Waals surface area (Å²) < 4.78 is 0. The van der Waals surface area contributed by atoms with Gasteiger partial charge in [0.15, 0.2) is 0 Å². The van der Waals surface area contributed by atoms with Gasteiger partial charge in [0.2, 0.25) is 0 Å². The monoisotopic (exact) mass is 345 g/mol. The minimum absolute atomic E-state index is 0.297. The molecule has 0 bridgehead atoms. The van der Waals surface area contributed by atoms with Crippen LogP contribution in [0.4, 0.5) is 11.5 Å². The number of aryl methyl sites for hydroxylation is 1. The third-order valence-corrected chi connectivity index (χ3v) is 3.55. The SMILES string of the molecule is Cc1ccc(Cl)cc1N=c1c([N+](=O)[O-])nn(-c2ccccc2)n1O. The maximum Gasteiger partial charge on any atom is 0.438 e. The fraction of sp³-hybridized carbons (Fsp3) is 0.0667. The zero-order valence-corrected chi connectivity index (χ0v) is 13.3. The van der Waals surface area contributed by atoms with Crippen LogP contribution < -0.4 is 5.49 Å². The summed E-state index contributed by atoms with van der Waals surface area (Å²) in [5, 5.41) is 25.9. The molecule has 3 rings (SSSR count). The van der Waals surface area contributed by atoms with E-state index in [1.807, 2.05) is 0 Å². The highest BCUT2D eigenvalue weighted by atomic mass is 35.5. The Balaban J connectivity index is 2.28. The molecule has 0 atom stereocenters. The molecule has 8 nitrogen and oxygen atoms in total. The Kier molecular flexibility index (Phi) is 4.05. The van der Waals surface area contributed by atoms with E-state index in [-0.39, 0.29) is 5.49 Å². The fourth-order valence-corrected chi connectivity index (χ4v) is 2.28. The molecule has 1 N–H and O–H groups in total. The van der Waals surface area contributed by atoms with E-state index < -0.39 is 10.7 Å². The molecule has 0 fully saturated rings. The summed E-state index contributed by atoms with van der Waals surface area (Å²) in [6.07, 6.45) is 0. The van der Waals surface area contributed by atoms with Gasteiger partial charge in [0.25, 0.3) is 5.49 Å². The minimum Gasteiger partial charge on any atom is -0.409 e. The van der Waals surface area contributed by atoms with Crippen molar-refractivity contribution in [1.82, 2.24) is 14.7 Å². The molecule has 0 radical (unpaired) electrons. The van der Waals surface area contributed by atoms with E-state index in [0.29, 0.717) is 21.2 Å². The van der Waals surface area contributed by atoms with Crippen molar-refractivity contribution < 1.29 is 10.1 Å². The molecule has 0 saturated carbocycles. The summed E-state index contributed by atoms with van der Waals surface area (Å²) in [5.41, 5.74) is 1.31. The van der Waals surface area contributed by atoms with Crippen molar-refractivity contribution in [2.45, 2.75) is 6.92 Å². The first-order chi connectivity index (χ1) is 11.5. The van der Waals surface area contributed by atoms with Crippen LogP contribution in [0.25, 0.3) is 5.69 Å². The summed E-state index contributed by atoms with van der Waals surface area (Å²) in [6.45, 7) is 1.78. The van der Waals surface area contributed by atoms with Gasteiger partial charge in [-0.2, -0.15) is 0 Å². The lowest BCUT2D eigenvalue weighted by Gasteiger charge is -2.01. The Labute approximate surface area is 141 Å². The van der Waals surface area contributed by atoms with Crippen LogP contribution in [0.1, 0.15) is 5.56 Å². The van der Waals surface area contributed by atoms with Crippen LogP contribution in [-0.4, -0.2) is 24.9 Å². The van der Waals surface area contributed by atoms with Gasteiger partial charge < -0.3 is 15.3 Å². The summed E-state index contributed by atoms with van der Waals surface area (Å²) in [7, 11) is 0. The smallest absolute Gasteiger partial charge is 0.409 e. The lowest BCUT2D eigenvalue weighted by Crippen LogP contribution is -2.22. The van der Waals surface area contributed by atoms with Gasteiger partial charge in [0.05, 0.1) is 10.8 Å². The maximum absolute atomic E-state index is 11.3. The zero-order chi connectivity index (χ0) is 17.3. The molecule has 1 aromatic heterocycles. The number of halogens is 1. The Morgan fingerprint density at radius 2 is 1.96 bits per heavy atom. The van der Waals surface area contributed by atoms with E-state index in [4.69, 9.17) is 11.6 Å². The van der Waals surface area contributed by atoms with E-state index >= 15 is 0 Å². The van der Waals surface area contributed by atoms with Crippen LogP contribution in [0.3, 0.4) is 0 Å². The first-order valence-corrected chi connectivity index (χ1v) is 7.27. The number of nitrogens with zero attached hydrogens (tertiary/aromatic N) is 5. The molecule has 122 valence electrons. The van der Waals surface area contributed by atoms with Crippen LogP contribution in [-0.2, 0) is 0 Å². The highest BCUT2D eigenvalue weighted by molar-refractivity contribution is 6.30. The Morgan fingerprint density at radius 3 is 2.62 bits per heavy atom. The van der Waals surface area contributed by atoms with Gasteiger partial charge in [0.1, 0.15) is 5.69 Å². The summed E-state index contributed by atoms with van der Waals surface area (Å²) in [4.78, 5) is 16.3. The predicted octanol–water partition coefficient (Wildman–Crippen LogP) is 3.01. The number of benzene rings is 2. The number of nitro groups is 1. The molecule has 9 heteroatoms. The highest BCUT2D eigenvalue weighted by Gasteiger charge is 2.24. The molecule has 1 heterocycles. The summed E-state index contributed by atoms with van der Waals surface area (Å²) in [5.74, 6) is -0.569. The molecular weight excluding hydrogens is 334 g/mol. The average molecular weight is 346 g/mol. The van der Waals surface area contributed by atoms with Crippen LogP contribution in [0.15, 0.2) is 53.5 Å². The molecule has 0 spiro atoms. The number of para-hydroxylation sites is 1. The molecule has 0 aliphatic rings. The van der Waals surface area contributed by atoms with Crippen molar-refractivity contribution >= 4 is 23.1 Å². The number of aromatic nitrogens is 3. The van der Waals surface area contributed by atoms with E-state index in [1.54, 1.807) is 55.5 Å². The van der Waals surface area contributed by atoms with Crippen molar-refractivity contribution in [3.05, 3.63) is 74.7 Å². The maximum atomic E-state index is 11.3. The first kappa shape index (κ1) is 15.8. The Hall–Kier alpha value is -3.13. The normalized spacial score (nSPS) is 11.7. The highest BCUT2D eigenvalue weighted by Crippen LogP contribution is 2.22. The zero-order valence-electron chi connectivity index (χ0n) is 12.5. The van der Waals surface area contributed by atoms with Crippen molar-refractivity contribution in [1.29, 1.82) is 0 Å². The fourth-order valence-electron chi connectivity index (χ4n) is 2.11. The summed E-state index contributed by atoms with van der Waals surface area (Å²) >= 11 is 5.94. The van der Waals surface area contributed by atoms with Gasteiger partial charge >= 0.3 is 5.82 Å². The van der Waals surface area contributed by atoms with Crippen molar-refractivity contribution in [3.63, 3.8) is 0 Å². The largest absolute Gasteiger partial charge is 0.438 e. The molecular formula is C15H12ClN5O3. The van der Waals surface area contributed by atoms with Crippen molar-refractivity contribution in [2.75, 3.05) is 0 Å². The van der Waals surface area contributed by atoms with Gasteiger partial charge in [-0.1, -0.05) is 40.7 Å². The molecule has 0 saturated heterocycles. The topological polar surface area (TPSA) is 98.5 Å². The van der Waals surface area contributed by atoms with E-state index in [2.05, 4.69) is 10.1 Å². The molecule has 0 amide bonds. The second-order valence-corrected chi connectivity index (χ2v) is 5.40.